The average Bonchev–Trinajstić information content (AvgIpc) is 2.39. The lowest BCUT2D eigenvalue weighted by atomic mass is 10.1. The highest BCUT2D eigenvalue weighted by Gasteiger charge is 2.33. The molecule has 0 saturated carbocycles. The minimum absolute atomic E-state index is 0.133. The summed E-state index contributed by atoms with van der Waals surface area (Å²) in [5.74, 6) is 0. The van der Waals surface area contributed by atoms with Crippen LogP contribution in [0.4, 0.5) is 5.69 Å². The number of hydrogen-bond acceptors (Lipinski definition) is 5. The molecule has 112 valence electrons. The molecule has 0 aromatic heterocycles. The zero-order valence-corrected chi connectivity index (χ0v) is 12.8. The van der Waals surface area contributed by atoms with Crippen LogP contribution in [-0.2, 0) is 10.0 Å². The van der Waals surface area contributed by atoms with Gasteiger partial charge in [-0.15, -0.1) is 0 Å². The maximum Gasteiger partial charge on any atom is 0.289 e. The van der Waals surface area contributed by atoms with E-state index in [1.165, 1.54) is 13.1 Å². The van der Waals surface area contributed by atoms with Crippen molar-refractivity contribution in [3.8, 4) is 0 Å². The van der Waals surface area contributed by atoms with E-state index in [1.807, 2.05) is 0 Å². The van der Waals surface area contributed by atoms with Gasteiger partial charge in [-0.1, -0.05) is 6.07 Å². The lowest BCUT2D eigenvalue weighted by Crippen LogP contribution is -2.40. The summed E-state index contributed by atoms with van der Waals surface area (Å²) in [6.07, 6.45) is 0. The monoisotopic (exact) mass is 301 g/mol. The zero-order chi connectivity index (χ0) is 15.7. The van der Waals surface area contributed by atoms with Crippen LogP contribution in [-0.4, -0.2) is 37.3 Å². The number of hydrogen-bond donors (Lipinski definition) is 1. The molecule has 0 spiro atoms. The van der Waals surface area contributed by atoms with Crippen molar-refractivity contribution in [3.05, 3.63) is 33.4 Å². The van der Waals surface area contributed by atoms with Crippen molar-refractivity contribution in [2.24, 2.45) is 5.73 Å². The molecule has 0 aliphatic carbocycles. The number of rotatable bonds is 5. The Morgan fingerprint density at radius 1 is 1.40 bits per heavy atom. The minimum Gasteiger partial charge on any atom is -0.329 e. The second kappa shape index (κ2) is 5.86. The molecule has 0 aliphatic heterocycles. The largest absolute Gasteiger partial charge is 0.329 e. The molecule has 0 saturated heterocycles. The van der Waals surface area contributed by atoms with Gasteiger partial charge in [-0.05, 0) is 31.9 Å². The normalized spacial score (nSPS) is 13.5. The number of sulfonamides is 1. The Labute approximate surface area is 118 Å². The number of nitro groups is 1. The lowest BCUT2D eigenvalue weighted by molar-refractivity contribution is -0.388. The van der Waals surface area contributed by atoms with Gasteiger partial charge in [0.1, 0.15) is 0 Å². The maximum atomic E-state index is 12.6. The van der Waals surface area contributed by atoms with E-state index >= 15 is 0 Å². The van der Waals surface area contributed by atoms with E-state index in [2.05, 4.69) is 0 Å². The summed E-state index contributed by atoms with van der Waals surface area (Å²) >= 11 is 0. The minimum atomic E-state index is -3.97. The molecule has 1 unspecified atom stereocenters. The van der Waals surface area contributed by atoms with Crippen molar-refractivity contribution in [2.45, 2.75) is 31.7 Å². The van der Waals surface area contributed by atoms with Gasteiger partial charge in [0, 0.05) is 25.7 Å². The highest BCUT2D eigenvalue weighted by Crippen LogP contribution is 2.31. The Morgan fingerprint density at radius 3 is 2.40 bits per heavy atom. The first-order valence-corrected chi connectivity index (χ1v) is 7.51. The van der Waals surface area contributed by atoms with Gasteiger partial charge in [-0.25, -0.2) is 8.42 Å². The molecule has 1 atom stereocenters. The summed E-state index contributed by atoms with van der Waals surface area (Å²) in [7, 11) is -2.59. The molecular formula is C12H19N3O4S. The molecule has 7 nitrogen and oxygen atoms in total. The van der Waals surface area contributed by atoms with Gasteiger partial charge in [-0.2, -0.15) is 4.31 Å². The smallest absolute Gasteiger partial charge is 0.289 e. The SMILES string of the molecule is Cc1ccc([N+](=O)[O-])c(S(=O)(=O)N(C)C(C)CN)c1C. The molecule has 0 amide bonds. The Bertz CT molecular complexity index is 628. The molecule has 1 rings (SSSR count). The fraction of sp³-hybridized carbons (Fsp3) is 0.500. The first kappa shape index (κ1) is 16.5. The third-order valence-electron chi connectivity index (χ3n) is 3.45. The lowest BCUT2D eigenvalue weighted by Gasteiger charge is -2.24. The Balaban J connectivity index is 3.60. The molecule has 1 aromatic carbocycles. The standard InChI is InChI=1S/C12H19N3O4S/c1-8-5-6-11(15(16)17)12(10(8)3)20(18,19)14(4)9(2)7-13/h5-6,9H,7,13H2,1-4H3. The van der Waals surface area contributed by atoms with Crippen molar-refractivity contribution >= 4 is 15.7 Å². The van der Waals surface area contributed by atoms with Gasteiger partial charge in [0.25, 0.3) is 5.69 Å². The van der Waals surface area contributed by atoms with Crippen molar-refractivity contribution in [2.75, 3.05) is 13.6 Å². The summed E-state index contributed by atoms with van der Waals surface area (Å²) in [5.41, 5.74) is 6.13. The third kappa shape index (κ3) is 2.82. The van der Waals surface area contributed by atoms with Crippen LogP contribution in [0.25, 0.3) is 0 Å². The van der Waals surface area contributed by atoms with E-state index < -0.39 is 26.7 Å². The highest BCUT2D eigenvalue weighted by molar-refractivity contribution is 7.89. The molecule has 20 heavy (non-hydrogen) atoms. The molecule has 1 aromatic rings. The number of likely N-dealkylation sites (N-methyl/N-ethyl adjacent to an activating group) is 1. The predicted octanol–water partition coefficient (Wildman–Crippen LogP) is 1.18. The molecule has 0 bridgehead atoms. The summed E-state index contributed by atoms with van der Waals surface area (Å²) in [6, 6.07) is 2.31. The fourth-order valence-electron chi connectivity index (χ4n) is 1.77. The van der Waals surface area contributed by atoms with Crippen molar-refractivity contribution in [1.29, 1.82) is 0 Å². The number of nitrogens with zero attached hydrogens (tertiary/aromatic N) is 2. The van der Waals surface area contributed by atoms with Gasteiger partial charge in [0.15, 0.2) is 4.90 Å². The summed E-state index contributed by atoms with van der Waals surface area (Å²) in [6.45, 7) is 5.06. The van der Waals surface area contributed by atoms with Gasteiger partial charge in [0.2, 0.25) is 10.0 Å². The van der Waals surface area contributed by atoms with Crippen molar-refractivity contribution < 1.29 is 13.3 Å². The molecular weight excluding hydrogens is 282 g/mol. The summed E-state index contributed by atoms with van der Waals surface area (Å²) < 4.78 is 26.3. The first-order valence-electron chi connectivity index (χ1n) is 6.07. The molecule has 0 fully saturated rings. The Morgan fingerprint density at radius 2 is 1.95 bits per heavy atom. The van der Waals surface area contributed by atoms with Gasteiger partial charge in [-0.3, -0.25) is 10.1 Å². The predicted molar refractivity (Wildman–Crippen MR) is 76.0 cm³/mol. The second-order valence-corrected chi connectivity index (χ2v) is 6.65. The summed E-state index contributed by atoms with van der Waals surface area (Å²) in [5, 5.41) is 11.1. The van der Waals surface area contributed by atoms with Crippen LogP contribution < -0.4 is 5.73 Å². The molecule has 0 aliphatic rings. The molecule has 2 N–H and O–H groups in total. The van der Waals surface area contributed by atoms with Gasteiger partial charge >= 0.3 is 0 Å². The van der Waals surface area contributed by atoms with Crippen LogP contribution in [0, 0.1) is 24.0 Å². The molecule has 0 radical (unpaired) electrons. The van der Waals surface area contributed by atoms with Crippen LogP contribution in [0.5, 0.6) is 0 Å². The van der Waals surface area contributed by atoms with E-state index in [0.29, 0.717) is 11.1 Å². The van der Waals surface area contributed by atoms with Crippen molar-refractivity contribution in [3.63, 3.8) is 0 Å². The Kier molecular flexibility index (Phi) is 4.85. The van der Waals surface area contributed by atoms with E-state index in [1.54, 1.807) is 26.8 Å². The third-order valence-corrected chi connectivity index (χ3v) is 5.60. The second-order valence-electron chi connectivity index (χ2n) is 4.72. The van der Waals surface area contributed by atoms with Crippen LogP contribution in [0.2, 0.25) is 0 Å². The van der Waals surface area contributed by atoms with Crippen LogP contribution in [0.1, 0.15) is 18.1 Å². The quantitative estimate of drug-likeness (QED) is 0.649. The Hall–Kier alpha value is -1.51. The van der Waals surface area contributed by atoms with Crippen LogP contribution in [0.3, 0.4) is 0 Å². The van der Waals surface area contributed by atoms with Gasteiger partial charge in [0.05, 0.1) is 4.92 Å². The van der Waals surface area contributed by atoms with Gasteiger partial charge < -0.3 is 5.73 Å². The maximum absolute atomic E-state index is 12.6. The number of aryl methyl sites for hydroxylation is 1. The number of nitro benzene ring substituents is 1. The zero-order valence-electron chi connectivity index (χ0n) is 12.0. The molecule has 0 heterocycles. The average molecular weight is 301 g/mol. The van der Waals surface area contributed by atoms with Crippen molar-refractivity contribution in [1.82, 2.24) is 4.31 Å². The summed E-state index contributed by atoms with van der Waals surface area (Å²) in [4.78, 5) is 10.2. The fourth-order valence-corrected chi connectivity index (χ4v) is 3.58. The number of benzene rings is 1. The molecule has 8 heteroatoms. The van der Waals surface area contributed by atoms with E-state index in [9.17, 15) is 18.5 Å². The topological polar surface area (TPSA) is 107 Å². The van der Waals surface area contributed by atoms with E-state index in [0.717, 1.165) is 4.31 Å². The van der Waals surface area contributed by atoms with E-state index in [4.69, 9.17) is 5.73 Å². The number of nitrogens with two attached hydrogens (primary N) is 1. The van der Waals surface area contributed by atoms with Crippen LogP contribution >= 0.6 is 0 Å². The highest BCUT2D eigenvalue weighted by atomic mass is 32.2. The van der Waals surface area contributed by atoms with E-state index in [-0.39, 0.29) is 11.4 Å². The van der Waals surface area contributed by atoms with Crippen LogP contribution in [0.15, 0.2) is 17.0 Å². The first-order chi connectivity index (χ1) is 9.14.